The molecule has 6 nitrogen and oxygen atoms in total. The lowest BCUT2D eigenvalue weighted by Gasteiger charge is -2.56. The lowest BCUT2D eigenvalue weighted by atomic mass is 9.74. The van der Waals surface area contributed by atoms with Crippen LogP contribution < -0.4 is 5.32 Å². The Balaban J connectivity index is 1.24. The zero-order valence-corrected chi connectivity index (χ0v) is 18.8. The van der Waals surface area contributed by atoms with Gasteiger partial charge >= 0.3 is 0 Å². The van der Waals surface area contributed by atoms with E-state index in [1.807, 2.05) is 18.4 Å². The summed E-state index contributed by atoms with van der Waals surface area (Å²) in [5, 5.41) is 8.92. The van der Waals surface area contributed by atoms with Crippen molar-refractivity contribution in [2.75, 3.05) is 26.2 Å². The van der Waals surface area contributed by atoms with E-state index in [1.54, 1.807) is 0 Å². The second kappa shape index (κ2) is 6.79. The second-order valence-corrected chi connectivity index (χ2v) is 9.84. The molecule has 160 valence electrons. The molecule has 0 bridgehead atoms. The molecule has 0 aliphatic carbocycles. The second-order valence-electron chi connectivity index (χ2n) is 9.47. The SMILES string of the molecule is C=C(c1ccccc1CN1CC2(CNC2)C1)N1Cc2nn3c(C)c(Cl)c(C)nc3c2C1. The van der Waals surface area contributed by atoms with Crippen molar-refractivity contribution in [3.63, 3.8) is 0 Å². The van der Waals surface area contributed by atoms with Crippen molar-refractivity contribution in [1.82, 2.24) is 29.7 Å². The van der Waals surface area contributed by atoms with Gasteiger partial charge in [0.05, 0.1) is 28.6 Å². The van der Waals surface area contributed by atoms with Gasteiger partial charge in [-0.2, -0.15) is 5.10 Å². The molecule has 1 N–H and O–H groups in total. The van der Waals surface area contributed by atoms with Crippen molar-refractivity contribution in [2.45, 2.75) is 33.5 Å². The average molecular weight is 435 g/mol. The van der Waals surface area contributed by atoms with Crippen molar-refractivity contribution in [2.24, 2.45) is 5.41 Å². The van der Waals surface area contributed by atoms with Crippen LogP contribution in [-0.4, -0.2) is 50.6 Å². The molecule has 31 heavy (non-hydrogen) atoms. The van der Waals surface area contributed by atoms with Crippen LogP contribution in [0.4, 0.5) is 0 Å². The molecular formula is C24H27ClN6. The van der Waals surface area contributed by atoms with Crippen molar-refractivity contribution in [3.05, 3.63) is 69.6 Å². The first-order valence-corrected chi connectivity index (χ1v) is 11.3. The molecule has 2 saturated heterocycles. The van der Waals surface area contributed by atoms with E-state index in [2.05, 4.69) is 46.0 Å². The number of hydrogen-bond acceptors (Lipinski definition) is 5. The number of fused-ring (bicyclic) bond motifs is 3. The van der Waals surface area contributed by atoms with Crippen LogP contribution in [0.1, 0.15) is 33.8 Å². The minimum Gasteiger partial charge on any atom is -0.361 e. The lowest BCUT2D eigenvalue weighted by Crippen LogP contribution is -2.70. The zero-order valence-electron chi connectivity index (χ0n) is 18.1. The maximum absolute atomic E-state index is 6.39. The molecule has 0 saturated carbocycles. The molecule has 3 aromatic rings. The fourth-order valence-corrected chi connectivity index (χ4v) is 5.49. The predicted molar refractivity (Wildman–Crippen MR) is 123 cm³/mol. The minimum absolute atomic E-state index is 0.546. The van der Waals surface area contributed by atoms with Gasteiger partial charge in [0.1, 0.15) is 0 Å². The molecule has 0 amide bonds. The molecule has 2 fully saturated rings. The Morgan fingerprint density at radius 2 is 1.97 bits per heavy atom. The van der Waals surface area contributed by atoms with E-state index in [-0.39, 0.29) is 0 Å². The van der Waals surface area contributed by atoms with E-state index in [0.717, 1.165) is 48.1 Å². The molecule has 3 aliphatic rings. The number of nitrogens with zero attached hydrogens (tertiary/aromatic N) is 5. The van der Waals surface area contributed by atoms with Crippen LogP contribution in [0, 0.1) is 19.3 Å². The van der Waals surface area contributed by atoms with Gasteiger partial charge in [-0.25, -0.2) is 9.50 Å². The van der Waals surface area contributed by atoms with E-state index >= 15 is 0 Å². The summed E-state index contributed by atoms with van der Waals surface area (Å²) in [6, 6.07) is 8.69. The van der Waals surface area contributed by atoms with Crippen LogP contribution in [0.2, 0.25) is 5.02 Å². The minimum atomic E-state index is 0.546. The smallest absolute Gasteiger partial charge is 0.160 e. The molecule has 6 rings (SSSR count). The van der Waals surface area contributed by atoms with Gasteiger partial charge in [-0.05, 0) is 19.4 Å². The topological polar surface area (TPSA) is 48.7 Å². The predicted octanol–water partition coefficient (Wildman–Crippen LogP) is 3.39. The van der Waals surface area contributed by atoms with E-state index in [1.165, 1.54) is 42.9 Å². The van der Waals surface area contributed by atoms with Gasteiger partial charge in [-0.15, -0.1) is 0 Å². The van der Waals surface area contributed by atoms with Crippen LogP contribution in [0.5, 0.6) is 0 Å². The van der Waals surface area contributed by atoms with Crippen molar-refractivity contribution in [3.8, 4) is 0 Å². The monoisotopic (exact) mass is 434 g/mol. The first-order chi connectivity index (χ1) is 14.9. The number of aromatic nitrogens is 3. The molecule has 1 aromatic carbocycles. The van der Waals surface area contributed by atoms with Gasteiger partial charge in [0.15, 0.2) is 5.65 Å². The summed E-state index contributed by atoms with van der Waals surface area (Å²) >= 11 is 6.39. The normalized spacial score (nSPS) is 19.5. The molecular weight excluding hydrogens is 408 g/mol. The first-order valence-electron chi connectivity index (χ1n) is 10.9. The average Bonchev–Trinajstić information content (AvgIpc) is 3.26. The highest BCUT2D eigenvalue weighted by Crippen LogP contribution is 2.37. The number of hydrogen-bond donors (Lipinski definition) is 1. The number of aryl methyl sites for hydroxylation is 2. The highest BCUT2D eigenvalue weighted by molar-refractivity contribution is 6.31. The molecule has 7 heteroatoms. The number of rotatable bonds is 4. The third-order valence-corrected chi connectivity index (χ3v) is 7.72. The van der Waals surface area contributed by atoms with E-state index in [4.69, 9.17) is 21.7 Å². The van der Waals surface area contributed by atoms with Gasteiger partial charge in [-0.1, -0.05) is 42.4 Å². The standard InChI is InChI=1S/C24H27ClN6/c1-15-22(25)17(3)31-23(27-15)20-9-30(10-21(20)28-31)16(2)19-7-5-4-6-18(19)8-29-13-24(14-29)11-26-12-24/h4-7,26H,2,8-14H2,1,3H3. The summed E-state index contributed by atoms with van der Waals surface area (Å²) in [7, 11) is 0. The summed E-state index contributed by atoms with van der Waals surface area (Å²) in [4.78, 5) is 9.61. The first kappa shape index (κ1) is 19.3. The van der Waals surface area contributed by atoms with Gasteiger partial charge < -0.3 is 10.2 Å². The van der Waals surface area contributed by atoms with Crippen LogP contribution in [0.15, 0.2) is 30.8 Å². The maximum Gasteiger partial charge on any atom is 0.160 e. The molecule has 1 spiro atoms. The Morgan fingerprint density at radius 3 is 2.71 bits per heavy atom. The van der Waals surface area contributed by atoms with E-state index in [9.17, 15) is 0 Å². The van der Waals surface area contributed by atoms with Crippen molar-refractivity contribution < 1.29 is 0 Å². The Labute approximate surface area is 187 Å². The van der Waals surface area contributed by atoms with E-state index in [0.29, 0.717) is 10.4 Å². The van der Waals surface area contributed by atoms with Gasteiger partial charge in [0.2, 0.25) is 0 Å². The quantitative estimate of drug-likeness (QED) is 0.682. The van der Waals surface area contributed by atoms with Crippen LogP contribution >= 0.6 is 11.6 Å². The third kappa shape index (κ3) is 2.93. The van der Waals surface area contributed by atoms with E-state index < -0.39 is 0 Å². The van der Waals surface area contributed by atoms with Gasteiger partial charge in [-0.3, -0.25) is 4.90 Å². The molecule has 0 radical (unpaired) electrons. The fourth-order valence-electron chi connectivity index (χ4n) is 5.37. The Bertz CT molecular complexity index is 1220. The highest BCUT2D eigenvalue weighted by atomic mass is 35.5. The largest absolute Gasteiger partial charge is 0.361 e. The Hall–Kier alpha value is -2.41. The highest BCUT2D eigenvalue weighted by Gasteiger charge is 2.47. The fraction of sp³-hybridized carbons (Fsp3) is 0.417. The Morgan fingerprint density at radius 1 is 1.19 bits per heavy atom. The molecule has 5 heterocycles. The van der Waals surface area contributed by atoms with Gasteiger partial charge in [0.25, 0.3) is 0 Å². The number of benzene rings is 1. The third-order valence-electron chi connectivity index (χ3n) is 7.18. The summed E-state index contributed by atoms with van der Waals surface area (Å²) < 4.78 is 1.89. The molecule has 2 aromatic heterocycles. The molecule has 3 aliphatic heterocycles. The molecule has 0 atom stereocenters. The maximum atomic E-state index is 6.39. The van der Waals surface area contributed by atoms with Crippen molar-refractivity contribution in [1.29, 1.82) is 0 Å². The summed E-state index contributed by atoms with van der Waals surface area (Å²) in [6.45, 7) is 15.7. The summed E-state index contributed by atoms with van der Waals surface area (Å²) in [5.74, 6) is 0. The van der Waals surface area contributed by atoms with Crippen LogP contribution in [0.25, 0.3) is 11.3 Å². The number of nitrogens with one attached hydrogen (secondary N) is 1. The summed E-state index contributed by atoms with van der Waals surface area (Å²) in [5.41, 5.74) is 9.17. The van der Waals surface area contributed by atoms with Crippen molar-refractivity contribution >= 4 is 22.9 Å². The van der Waals surface area contributed by atoms with Crippen LogP contribution in [-0.2, 0) is 19.6 Å². The zero-order chi connectivity index (χ0) is 21.3. The van der Waals surface area contributed by atoms with Gasteiger partial charge in [0, 0.05) is 61.5 Å². The lowest BCUT2D eigenvalue weighted by molar-refractivity contribution is -0.0445. The van der Waals surface area contributed by atoms with Crippen LogP contribution in [0.3, 0.4) is 0 Å². The molecule has 0 unspecified atom stereocenters. The Kier molecular flexibility index (Phi) is 4.23. The number of halogens is 1. The summed E-state index contributed by atoms with van der Waals surface area (Å²) in [6.07, 6.45) is 0. The number of likely N-dealkylation sites (tertiary alicyclic amines) is 1.